The zero-order valence-corrected chi connectivity index (χ0v) is 30.2. The number of nitrogens with zero attached hydrogens (tertiary/aromatic N) is 5. The maximum Gasteiger partial charge on any atom is 0.287 e. The van der Waals surface area contributed by atoms with E-state index in [4.69, 9.17) is 11.6 Å². The molecule has 4 aliphatic rings. The van der Waals surface area contributed by atoms with Crippen LogP contribution in [-0.4, -0.2) is 89.7 Å². The quantitative estimate of drug-likeness (QED) is 0.352. The second kappa shape index (κ2) is 14.6. The summed E-state index contributed by atoms with van der Waals surface area (Å²) in [5, 5.41) is 9.85. The van der Waals surface area contributed by atoms with Crippen molar-refractivity contribution in [3.8, 4) is 0 Å². The Morgan fingerprint density at radius 1 is 0.962 bits per heavy atom. The number of hydrogen-bond donors (Lipinski definition) is 2. The summed E-state index contributed by atoms with van der Waals surface area (Å²) in [6, 6.07) is 10.3. The number of likely N-dealkylation sites (tertiary alicyclic amines) is 2. The van der Waals surface area contributed by atoms with E-state index in [1.54, 1.807) is 13.2 Å². The normalized spacial score (nSPS) is 23.8. The number of aryl methyl sites for hydroxylation is 1. The van der Waals surface area contributed by atoms with Gasteiger partial charge < -0.3 is 20.0 Å². The van der Waals surface area contributed by atoms with E-state index in [9.17, 15) is 19.2 Å². The van der Waals surface area contributed by atoms with Gasteiger partial charge in [0.25, 0.3) is 11.5 Å². The van der Waals surface area contributed by atoms with E-state index in [0.29, 0.717) is 37.4 Å². The predicted octanol–water partition coefficient (Wildman–Crippen LogP) is 4.65. The number of hydrogen-bond acceptors (Lipinski definition) is 8. The Morgan fingerprint density at radius 3 is 2.35 bits per heavy atom. The van der Waals surface area contributed by atoms with E-state index >= 15 is 8.78 Å². The van der Waals surface area contributed by atoms with Crippen molar-refractivity contribution < 1.29 is 23.2 Å². The third-order valence-electron chi connectivity index (χ3n) is 11.7. The van der Waals surface area contributed by atoms with Gasteiger partial charge in [0.2, 0.25) is 11.8 Å². The molecule has 2 aromatic carbocycles. The van der Waals surface area contributed by atoms with Crippen molar-refractivity contribution in [3.05, 3.63) is 86.3 Å². The highest BCUT2D eigenvalue weighted by molar-refractivity contribution is 6.32. The van der Waals surface area contributed by atoms with Crippen LogP contribution >= 0.6 is 11.6 Å². The lowest BCUT2D eigenvalue weighted by molar-refractivity contribution is -0.134. The Morgan fingerprint density at radius 2 is 1.65 bits per heavy atom. The van der Waals surface area contributed by atoms with Crippen LogP contribution in [0.1, 0.15) is 78.3 Å². The molecule has 4 fully saturated rings. The first-order chi connectivity index (χ1) is 24.9. The van der Waals surface area contributed by atoms with Gasteiger partial charge in [-0.3, -0.25) is 24.5 Å². The third kappa shape index (κ3) is 7.30. The lowest BCUT2D eigenvalue weighted by atomic mass is 9.71. The molecule has 0 bridgehead atoms. The van der Waals surface area contributed by atoms with Gasteiger partial charge in [0.15, 0.2) is 0 Å². The minimum Gasteiger partial charge on any atom is -0.378 e. The van der Waals surface area contributed by atoms with E-state index in [2.05, 4.69) is 27.7 Å². The highest BCUT2D eigenvalue weighted by Gasteiger charge is 2.40. The van der Waals surface area contributed by atoms with Gasteiger partial charge in [-0.2, -0.15) is 5.10 Å². The summed E-state index contributed by atoms with van der Waals surface area (Å²) < 4.78 is 31.7. The Bertz CT molecular complexity index is 1920. The number of imide groups is 1. The molecule has 0 aliphatic carbocycles. The van der Waals surface area contributed by atoms with Crippen LogP contribution in [0.4, 0.5) is 20.2 Å². The first kappa shape index (κ1) is 36.0. The van der Waals surface area contributed by atoms with Crippen LogP contribution in [-0.2, 0) is 16.6 Å². The summed E-state index contributed by atoms with van der Waals surface area (Å²) in [5.41, 5.74) is 2.21. The van der Waals surface area contributed by atoms with Crippen LogP contribution < -0.4 is 21.1 Å². The number of anilines is 2. The predicted molar refractivity (Wildman–Crippen MR) is 194 cm³/mol. The Kier molecular flexibility index (Phi) is 10.1. The number of piperidine rings is 4. The molecule has 7 rings (SSSR count). The van der Waals surface area contributed by atoms with Crippen LogP contribution in [0.25, 0.3) is 0 Å². The second-order valence-corrected chi connectivity index (χ2v) is 15.4. The molecule has 2 N–H and O–H groups in total. The van der Waals surface area contributed by atoms with Crippen molar-refractivity contribution in [2.75, 3.05) is 56.5 Å². The van der Waals surface area contributed by atoms with Gasteiger partial charge in [-0.25, -0.2) is 13.5 Å². The molecule has 3 amide bonds. The van der Waals surface area contributed by atoms with Gasteiger partial charge in [-0.15, -0.1) is 0 Å². The molecule has 4 aliphatic heterocycles. The monoisotopic (exact) mass is 735 g/mol. The van der Waals surface area contributed by atoms with Crippen molar-refractivity contribution in [2.24, 2.45) is 12.5 Å². The number of amides is 3. The Balaban J connectivity index is 0.923. The average molecular weight is 736 g/mol. The molecule has 5 heterocycles. The fourth-order valence-electron chi connectivity index (χ4n) is 8.53. The summed E-state index contributed by atoms with van der Waals surface area (Å²) in [5.74, 6) is -2.85. The van der Waals surface area contributed by atoms with E-state index in [0.717, 1.165) is 56.8 Å². The fourth-order valence-corrected chi connectivity index (χ4v) is 8.76. The Hall–Kier alpha value is -4.36. The molecule has 52 heavy (non-hydrogen) atoms. The van der Waals surface area contributed by atoms with Gasteiger partial charge in [-0.1, -0.05) is 23.7 Å². The fraction of sp³-hybridized carbons (Fsp3) is 0.500. The van der Waals surface area contributed by atoms with Crippen molar-refractivity contribution in [1.29, 1.82) is 0 Å². The van der Waals surface area contributed by atoms with Gasteiger partial charge in [0.1, 0.15) is 16.7 Å². The maximum absolute atomic E-state index is 15.3. The van der Waals surface area contributed by atoms with Crippen molar-refractivity contribution in [2.45, 2.75) is 62.8 Å². The molecule has 0 radical (unpaired) electrons. The molecule has 4 saturated heterocycles. The summed E-state index contributed by atoms with van der Waals surface area (Å²) >= 11 is 6.30. The molecule has 3 aromatic rings. The number of benzene rings is 2. The van der Waals surface area contributed by atoms with Crippen LogP contribution in [0.2, 0.25) is 5.02 Å². The smallest absolute Gasteiger partial charge is 0.287 e. The molecule has 0 saturated carbocycles. The minimum absolute atomic E-state index is 0.0144. The van der Waals surface area contributed by atoms with Crippen LogP contribution in [0, 0.1) is 17.0 Å². The zero-order valence-electron chi connectivity index (χ0n) is 29.5. The van der Waals surface area contributed by atoms with Gasteiger partial charge >= 0.3 is 0 Å². The third-order valence-corrected chi connectivity index (χ3v) is 12.0. The van der Waals surface area contributed by atoms with Crippen LogP contribution in [0.5, 0.6) is 0 Å². The van der Waals surface area contributed by atoms with Crippen molar-refractivity contribution in [1.82, 2.24) is 24.9 Å². The molecule has 1 aromatic heterocycles. The van der Waals surface area contributed by atoms with E-state index in [1.807, 2.05) is 34.1 Å². The summed E-state index contributed by atoms with van der Waals surface area (Å²) in [6.07, 6.45) is 6.00. The maximum atomic E-state index is 15.3. The topological polar surface area (TPSA) is 120 Å². The number of halogens is 3. The number of aromatic nitrogens is 2. The van der Waals surface area contributed by atoms with Crippen LogP contribution in [0.3, 0.4) is 0 Å². The molecule has 1 unspecified atom stereocenters. The zero-order chi connectivity index (χ0) is 36.7. The molecular formula is C38H44ClF2N7O4. The van der Waals surface area contributed by atoms with E-state index < -0.39 is 29.4 Å². The van der Waals surface area contributed by atoms with Gasteiger partial charge in [0, 0.05) is 76.0 Å². The van der Waals surface area contributed by atoms with E-state index in [-0.39, 0.29) is 58.0 Å². The summed E-state index contributed by atoms with van der Waals surface area (Å²) in [7, 11) is 3.63. The number of carbonyl (C=O) groups excluding carboxylic acids is 3. The number of rotatable bonds is 6. The number of nitrogens with one attached hydrogen (secondary N) is 2. The average Bonchev–Trinajstić information content (AvgIpc) is 3.13. The molecule has 11 nitrogen and oxygen atoms in total. The van der Waals surface area contributed by atoms with E-state index in [1.165, 1.54) is 10.7 Å². The highest BCUT2D eigenvalue weighted by Crippen LogP contribution is 2.43. The molecule has 1 spiro atoms. The lowest BCUT2D eigenvalue weighted by Gasteiger charge is -2.47. The SMILES string of the molecule is CN1C[C@@H](Nc2cnn(C)c(=O)c2Cl)C[C@@H](c2ccc(C(=O)N3CCC4(CC3)CCN(c3cc(F)c(C5CCC(=O)NC5=O)cc3F)CC4)cc2)C1. The Labute approximate surface area is 306 Å². The first-order valence-electron chi connectivity index (χ1n) is 18.0. The van der Waals surface area contributed by atoms with Gasteiger partial charge in [0.05, 0.1) is 23.5 Å². The highest BCUT2D eigenvalue weighted by atomic mass is 35.5. The molecule has 3 atom stereocenters. The molecule has 276 valence electrons. The number of likely N-dealkylation sites (N-methyl/N-ethyl adjacent to an activating group) is 1. The van der Waals surface area contributed by atoms with Crippen molar-refractivity contribution in [3.63, 3.8) is 0 Å². The standard InChI is InChI=1S/C38H44ClF2N7O4/c1-45-21-25(17-26(22-45)43-31-20-42-46(2)37(52)34(31)39)23-3-5-24(6-4-23)36(51)48-15-11-38(12-16-48)9-13-47(14-10-38)32-19-29(40)28(18-30(32)41)27-7-8-33(49)44-35(27)50/h3-6,18-20,25-27,43H,7-17,21-22H2,1-2H3,(H,44,49,50)/t25-,26+,27?/m1/s1. The minimum atomic E-state index is -0.885. The van der Waals surface area contributed by atoms with Crippen LogP contribution in [0.15, 0.2) is 47.4 Å². The second-order valence-electron chi connectivity index (χ2n) is 15.0. The molecular weight excluding hydrogens is 692 g/mol. The largest absolute Gasteiger partial charge is 0.378 e. The summed E-state index contributed by atoms with van der Waals surface area (Å²) in [4.78, 5) is 55.6. The lowest BCUT2D eigenvalue weighted by Crippen LogP contribution is -2.48. The first-order valence-corrected chi connectivity index (χ1v) is 18.4. The van der Waals surface area contributed by atoms with Gasteiger partial charge in [-0.05, 0) is 80.7 Å². The molecule has 14 heteroatoms. The van der Waals surface area contributed by atoms with Crippen molar-refractivity contribution >= 4 is 40.7 Å². The summed E-state index contributed by atoms with van der Waals surface area (Å²) in [6.45, 7) is 4.10. The number of carbonyl (C=O) groups is 3.